The lowest BCUT2D eigenvalue weighted by Gasteiger charge is -2.27. The van der Waals surface area contributed by atoms with Gasteiger partial charge >= 0.3 is 0 Å². The minimum atomic E-state index is 0.623. The minimum Gasteiger partial charge on any atom is -0.357 e. The van der Waals surface area contributed by atoms with Gasteiger partial charge in [0, 0.05) is 19.3 Å². The highest BCUT2D eigenvalue weighted by Gasteiger charge is 2.11. The fourth-order valence-electron chi connectivity index (χ4n) is 1.62. The molecule has 2 heterocycles. The quantitative estimate of drug-likeness (QED) is 0.671. The van der Waals surface area contributed by atoms with Gasteiger partial charge in [-0.25, -0.2) is 4.98 Å². The number of aromatic nitrogens is 1. The second-order valence-electron chi connectivity index (χ2n) is 3.37. The number of rotatable bonds is 1. The maximum Gasteiger partial charge on any atom is 0.128 e. The van der Waals surface area contributed by atoms with Crippen molar-refractivity contribution in [2.24, 2.45) is 0 Å². The number of nitriles is 1. The first-order valence-corrected chi connectivity index (χ1v) is 4.83. The molecule has 0 bridgehead atoms. The zero-order valence-electron chi connectivity index (χ0n) is 7.98. The van der Waals surface area contributed by atoms with Crippen molar-refractivity contribution in [1.29, 1.82) is 5.26 Å². The van der Waals surface area contributed by atoms with Crippen LogP contribution < -0.4 is 4.90 Å². The van der Waals surface area contributed by atoms with Crippen LogP contribution in [0, 0.1) is 17.8 Å². The third kappa shape index (κ3) is 1.85. The van der Waals surface area contributed by atoms with Gasteiger partial charge in [0.05, 0.1) is 5.56 Å². The van der Waals surface area contributed by atoms with Gasteiger partial charge in [0.1, 0.15) is 11.9 Å². The molecular formula is C11H12N3. The second-order valence-corrected chi connectivity index (χ2v) is 3.37. The molecule has 1 radical (unpaired) electrons. The van der Waals surface area contributed by atoms with Gasteiger partial charge in [0.25, 0.3) is 0 Å². The molecule has 3 heteroatoms. The number of hydrogen-bond donors (Lipinski definition) is 0. The first-order chi connectivity index (χ1) is 6.90. The predicted octanol–water partition coefficient (Wildman–Crippen LogP) is 1.76. The maximum atomic E-state index is 8.63. The molecule has 14 heavy (non-hydrogen) atoms. The van der Waals surface area contributed by atoms with Crippen molar-refractivity contribution in [3.05, 3.63) is 30.3 Å². The van der Waals surface area contributed by atoms with Gasteiger partial charge < -0.3 is 4.90 Å². The van der Waals surface area contributed by atoms with Crippen LogP contribution in [0.15, 0.2) is 18.3 Å². The Labute approximate surface area is 84.0 Å². The third-order valence-corrected chi connectivity index (χ3v) is 2.41. The van der Waals surface area contributed by atoms with Crippen LogP contribution in [0.5, 0.6) is 0 Å². The third-order valence-electron chi connectivity index (χ3n) is 2.41. The van der Waals surface area contributed by atoms with E-state index >= 15 is 0 Å². The summed E-state index contributed by atoms with van der Waals surface area (Å²) in [6, 6.07) is 5.81. The van der Waals surface area contributed by atoms with E-state index in [1.165, 1.54) is 0 Å². The summed E-state index contributed by atoms with van der Waals surface area (Å²) >= 11 is 0. The van der Waals surface area contributed by atoms with E-state index in [9.17, 15) is 0 Å². The molecule has 3 nitrogen and oxygen atoms in total. The van der Waals surface area contributed by atoms with Crippen molar-refractivity contribution < 1.29 is 0 Å². The first kappa shape index (κ1) is 9.01. The summed E-state index contributed by atoms with van der Waals surface area (Å²) < 4.78 is 0. The monoisotopic (exact) mass is 186 g/mol. The number of hydrogen-bond acceptors (Lipinski definition) is 3. The number of piperidine rings is 1. The van der Waals surface area contributed by atoms with Gasteiger partial charge in [0.2, 0.25) is 0 Å². The Balaban J connectivity index is 2.12. The lowest BCUT2D eigenvalue weighted by molar-refractivity contribution is 0.671. The zero-order chi connectivity index (χ0) is 9.80. The van der Waals surface area contributed by atoms with Crippen LogP contribution in [-0.2, 0) is 0 Å². The van der Waals surface area contributed by atoms with E-state index in [2.05, 4.69) is 22.4 Å². The Bertz CT molecular complexity index is 331. The highest BCUT2D eigenvalue weighted by atomic mass is 15.2. The molecule has 0 saturated carbocycles. The molecule has 0 aliphatic carbocycles. The van der Waals surface area contributed by atoms with Crippen molar-refractivity contribution in [3.63, 3.8) is 0 Å². The van der Waals surface area contributed by atoms with Gasteiger partial charge in [0.15, 0.2) is 0 Å². The molecule has 0 unspecified atom stereocenters. The molecule has 0 N–H and O–H groups in total. The lowest BCUT2D eigenvalue weighted by atomic mass is 10.1. The molecule has 1 aliphatic heterocycles. The van der Waals surface area contributed by atoms with E-state index in [0.29, 0.717) is 5.56 Å². The van der Waals surface area contributed by atoms with Crippen molar-refractivity contribution in [3.8, 4) is 6.07 Å². The Hall–Kier alpha value is -1.56. The van der Waals surface area contributed by atoms with Crippen LogP contribution in [0.3, 0.4) is 0 Å². The molecular weight excluding hydrogens is 174 g/mol. The predicted molar refractivity (Wildman–Crippen MR) is 54.7 cm³/mol. The molecule has 1 fully saturated rings. The van der Waals surface area contributed by atoms with E-state index in [0.717, 1.165) is 31.7 Å². The molecule has 1 aromatic rings. The summed E-state index contributed by atoms with van der Waals surface area (Å²) in [6.07, 6.45) is 6.19. The minimum absolute atomic E-state index is 0.623. The number of pyridine rings is 1. The van der Waals surface area contributed by atoms with E-state index in [-0.39, 0.29) is 0 Å². The van der Waals surface area contributed by atoms with Gasteiger partial charge in [-0.15, -0.1) is 0 Å². The van der Waals surface area contributed by atoms with E-state index in [1.807, 2.05) is 12.1 Å². The van der Waals surface area contributed by atoms with E-state index < -0.39 is 0 Å². The van der Waals surface area contributed by atoms with Crippen LogP contribution in [-0.4, -0.2) is 18.1 Å². The topological polar surface area (TPSA) is 39.9 Å². The lowest BCUT2D eigenvalue weighted by Crippen LogP contribution is -2.30. The van der Waals surface area contributed by atoms with Crippen LogP contribution in [0.1, 0.15) is 18.4 Å². The van der Waals surface area contributed by atoms with E-state index in [1.54, 1.807) is 6.20 Å². The molecule has 0 spiro atoms. The average Bonchev–Trinajstić information content (AvgIpc) is 2.30. The van der Waals surface area contributed by atoms with Crippen molar-refractivity contribution in [2.45, 2.75) is 12.8 Å². The molecule has 1 saturated heterocycles. The number of anilines is 1. The summed E-state index contributed by atoms with van der Waals surface area (Å²) in [4.78, 5) is 6.51. The Kier molecular flexibility index (Phi) is 2.64. The first-order valence-electron chi connectivity index (χ1n) is 4.83. The summed E-state index contributed by atoms with van der Waals surface area (Å²) in [5.41, 5.74) is 0.623. The molecule has 1 aliphatic rings. The van der Waals surface area contributed by atoms with Gasteiger partial charge in [-0.3, -0.25) is 0 Å². The standard InChI is InChI=1S/C11H12N3/c12-8-10-4-5-11(13-9-10)14-6-2-1-3-7-14/h1,4-5,9H,2-3,6-7H2. The van der Waals surface area contributed by atoms with Crippen LogP contribution in [0.4, 0.5) is 5.82 Å². The summed E-state index contributed by atoms with van der Waals surface area (Å²) in [7, 11) is 0. The van der Waals surface area contributed by atoms with E-state index in [4.69, 9.17) is 5.26 Å². The highest BCUT2D eigenvalue weighted by Crippen LogP contribution is 2.16. The molecule has 1 aromatic heterocycles. The largest absolute Gasteiger partial charge is 0.357 e. The fraction of sp³-hybridized carbons (Fsp3) is 0.364. The molecule has 71 valence electrons. The Morgan fingerprint density at radius 2 is 2.07 bits per heavy atom. The Morgan fingerprint density at radius 1 is 1.29 bits per heavy atom. The van der Waals surface area contributed by atoms with Gasteiger partial charge in [-0.2, -0.15) is 5.26 Å². The second kappa shape index (κ2) is 4.10. The van der Waals surface area contributed by atoms with Crippen molar-refractivity contribution in [1.82, 2.24) is 4.98 Å². The summed E-state index contributed by atoms with van der Waals surface area (Å²) in [5.74, 6) is 0.983. The van der Waals surface area contributed by atoms with Crippen LogP contribution in [0.2, 0.25) is 0 Å². The highest BCUT2D eigenvalue weighted by molar-refractivity contribution is 5.42. The molecule has 0 aromatic carbocycles. The van der Waals surface area contributed by atoms with Crippen molar-refractivity contribution in [2.75, 3.05) is 18.0 Å². The average molecular weight is 186 g/mol. The maximum absolute atomic E-state index is 8.63. The zero-order valence-corrected chi connectivity index (χ0v) is 7.98. The summed E-state index contributed by atoms with van der Waals surface area (Å²) in [5, 5.41) is 8.63. The smallest absolute Gasteiger partial charge is 0.128 e. The molecule has 0 amide bonds. The summed E-state index contributed by atoms with van der Waals surface area (Å²) in [6.45, 7) is 2.08. The number of nitrogens with zero attached hydrogens (tertiary/aromatic N) is 3. The fourth-order valence-corrected chi connectivity index (χ4v) is 1.62. The molecule has 0 atom stereocenters. The van der Waals surface area contributed by atoms with Crippen molar-refractivity contribution >= 4 is 5.82 Å². The van der Waals surface area contributed by atoms with Crippen LogP contribution >= 0.6 is 0 Å². The van der Waals surface area contributed by atoms with Gasteiger partial charge in [-0.1, -0.05) is 0 Å². The normalized spacial score (nSPS) is 16.4. The van der Waals surface area contributed by atoms with Gasteiger partial charge in [-0.05, 0) is 31.4 Å². The Morgan fingerprint density at radius 3 is 2.64 bits per heavy atom. The SMILES string of the molecule is N#Cc1ccc(N2CC[CH]CC2)nc1. The van der Waals surface area contributed by atoms with Crippen LogP contribution in [0.25, 0.3) is 0 Å². The molecule has 2 rings (SSSR count).